The van der Waals surface area contributed by atoms with Gasteiger partial charge in [0.2, 0.25) is 0 Å². The number of rotatable bonds is 2. The lowest BCUT2D eigenvalue weighted by Gasteiger charge is -2.14. The maximum absolute atomic E-state index is 5.18. The number of hydrogen-bond donors (Lipinski definition) is 0. The zero-order chi connectivity index (χ0) is 9.97. The molecular formula is C11H14N2O. The third-order valence-electron chi connectivity index (χ3n) is 2.39. The van der Waals surface area contributed by atoms with E-state index in [0.29, 0.717) is 0 Å². The minimum Gasteiger partial charge on any atom is -0.497 e. The number of aliphatic imine (C=N–C) groups is 1. The molecule has 0 fully saturated rings. The van der Waals surface area contributed by atoms with Gasteiger partial charge in [0.15, 0.2) is 0 Å². The van der Waals surface area contributed by atoms with Crippen molar-refractivity contribution in [3.8, 4) is 5.75 Å². The summed E-state index contributed by atoms with van der Waals surface area (Å²) >= 11 is 0. The van der Waals surface area contributed by atoms with E-state index in [9.17, 15) is 0 Å². The average molecular weight is 190 g/mol. The Labute approximate surface area is 84.0 Å². The molecule has 2 rings (SSSR count). The van der Waals surface area contributed by atoms with Gasteiger partial charge in [-0.25, -0.2) is 0 Å². The molecule has 1 aliphatic rings. The highest BCUT2D eigenvalue weighted by Crippen LogP contribution is 2.16. The molecule has 1 aromatic rings. The first kappa shape index (κ1) is 9.06. The zero-order valence-electron chi connectivity index (χ0n) is 8.53. The SMILES string of the molecule is COc1cccc(C2=NCCN2C)c1. The number of nitrogens with zero attached hydrogens (tertiary/aromatic N) is 2. The molecule has 74 valence electrons. The van der Waals surface area contributed by atoms with Crippen LogP contribution in [0.1, 0.15) is 5.56 Å². The Morgan fingerprint density at radius 3 is 2.93 bits per heavy atom. The summed E-state index contributed by atoms with van der Waals surface area (Å²) in [6.07, 6.45) is 0. The predicted octanol–water partition coefficient (Wildman–Crippen LogP) is 1.39. The average Bonchev–Trinajstić information content (AvgIpc) is 2.65. The van der Waals surface area contributed by atoms with Crippen molar-refractivity contribution in [1.29, 1.82) is 0 Å². The van der Waals surface area contributed by atoms with E-state index < -0.39 is 0 Å². The molecule has 0 atom stereocenters. The molecule has 0 aromatic heterocycles. The number of amidine groups is 1. The molecule has 14 heavy (non-hydrogen) atoms. The summed E-state index contributed by atoms with van der Waals surface area (Å²) in [7, 11) is 3.74. The molecule has 0 aliphatic carbocycles. The lowest BCUT2D eigenvalue weighted by atomic mass is 10.2. The van der Waals surface area contributed by atoms with Gasteiger partial charge >= 0.3 is 0 Å². The molecule has 0 N–H and O–H groups in total. The topological polar surface area (TPSA) is 24.8 Å². The van der Waals surface area contributed by atoms with E-state index in [2.05, 4.69) is 23.0 Å². The first-order chi connectivity index (χ1) is 6.81. The maximum Gasteiger partial charge on any atom is 0.130 e. The second-order valence-corrected chi connectivity index (χ2v) is 3.36. The molecule has 1 aromatic carbocycles. The molecule has 1 heterocycles. The highest BCUT2D eigenvalue weighted by atomic mass is 16.5. The van der Waals surface area contributed by atoms with Crippen LogP contribution in [0.4, 0.5) is 0 Å². The second kappa shape index (κ2) is 3.70. The van der Waals surface area contributed by atoms with Crippen molar-refractivity contribution in [2.75, 3.05) is 27.2 Å². The van der Waals surface area contributed by atoms with E-state index in [-0.39, 0.29) is 0 Å². The van der Waals surface area contributed by atoms with Crippen molar-refractivity contribution in [1.82, 2.24) is 4.90 Å². The Morgan fingerprint density at radius 2 is 2.29 bits per heavy atom. The van der Waals surface area contributed by atoms with Gasteiger partial charge in [-0.05, 0) is 12.1 Å². The summed E-state index contributed by atoms with van der Waals surface area (Å²) < 4.78 is 5.18. The Balaban J connectivity index is 2.32. The fraction of sp³-hybridized carbons (Fsp3) is 0.364. The van der Waals surface area contributed by atoms with Crippen molar-refractivity contribution < 1.29 is 4.74 Å². The van der Waals surface area contributed by atoms with Crippen LogP contribution >= 0.6 is 0 Å². The molecule has 0 saturated heterocycles. The minimum absolute atomic E-state index is 0.880. The van der Waals surface area contributed by atoms with Crippen LogP contribution in [0.5, 0.6) is 5.75 Å². The number of methoxy groups -OCH3 is 1. The summed E-state index contributed by atoms with van der Waals surface area (Å²) in [5, 5.41) is 0. The van der Waals surface area contributed by atoms with Crippen molar-refractivity contribution in [3.63, 3.8) is 0 Å². The lowest BCUT2D eigenvalue weighted by Crippen LogP contribution is -2.23. The van der Waals surface area contributed by atoms with Crippen molar-refractivity contribution in [2.24, 2.45) is 4.99 Å². The van der Waals surface area contributed by atoms with Gasteiger partial charge in [-0.15, -0.1) is 0 Å². The van der Waals surface area contributed by atoms with Crippen molar-refractivity contribution in [3.05, 3.63) is 29.8 Å². The van der Waals surface area contributed by atoms with Crippen LogP contribution in [0, 0.1) is 0 Å². The second-order valence-electron chi connectivity index (χ2n) is 3.36. The van der Waals surface area contributed by atoms with Crippen LogP contribution in [0.3, 0.4) is 0 Å². The molecule has 3 heteroatoms. The fourth-order valence-corrected chi connectivity index (χ4v) is 1.61. The zero-order valence-corrected chi connectivity index (χ0v) is 8.53. The molecule has 0 bridgehead atoms. The minimum atomic E-state index is 0.880. The van der Waals surface area contributed by atoms with Gasteiger partial charge in [-0.2, -0.15) is 0 Å². The highest BCUT2D eigenvalue weighted by molar-refractivity contribution is 5.99. The van der Waals surface area contributed by atoms with Gasteiger partial charge in [0, 0.05) is 19.2 Å². The molecule has 3 nitrogen and oxygen atoms in total. The van der Waals surface area contributed by atoms with Crippen LogP contribution in [-0.2, 0) is 0 Å². The molecule has 1 aliphatic heterocycles. The third kappa shape index (κ3) is 1.58. The number of ether oxygens (including phenoxy) is 1. The number of hydrogen-bond acceptors (Lipinski definition) is 3. The summed E-state index contributed by atoms with van der Waals surface area (Å²) in [6.45, 7) is 1.90. The number of benzene rings is 1. The Morgan fingerprint density at radius 1 is 1.43 bits per heavy atom. The van der Waals surface area contributed by atoms with E-state index >= 15 is 0 Å². The van der Waals surface area contributed by atoms with Gasteiger partial charge in [0.1, 0.15) is 11.6 Å². The fourth-order valence-electron chi connectivity index (χ4n) is 1.61. The maximum atomic E-state index is 5.18. The van der Waals surface area contributed by atoms with Crippen molar-refractivity contribution in [2.45, 2.75) is 0 Å². The standard InChI is InChI=1S/C11H14N2O/c1-13-7-6-12-11(13)9-4-3-5-10(8-9)14-2/h3-5,8H,6-7H2,1-2H3. The molecule has 0 radical (unpaired) electrons. The van der Waals surface area contributed by atoms with E-state index in [1.165, 1.54) is 0 Å². The van der Waals surface area contributed by atoms with Crippen LogP contribution in [0.25, 0.3) is 0 Å². The van der Waals surface area contributed by atoms with Gasteiger partial charge in [0.05, 0.1) is 13.7 Å². The van der Waals surface area contributed by atoms with E-state index in [0.717, 1.165) is 30.2 Å². The summed E-state index contributed by atoms with van der Waals surface area (Å²) in [5.41, 5.74) is 1.13. The van der Waals surface area contributed by atoms with Gasteiger partial charge < -0.3 is 9.64 Å². The smallest absolute Gasteiger partial charge is 0.130 e. The molecule has 0 amide bonds. The van der Waals surface area contributed by atoms with Gasteiger partial charge in [0.25, 0.3) is 0 Å². The summed E-state index contributed by atoms with van der Waals surface area (Å²) in [6, 6.07) is 8.01. The Hall–Kier alpha value is -1.51. The Kier molecular flexibility index (Phi) is 2.39. The van der Waals surface area contributed by atoms with E-state index in [1.54, 1.807) is 7.11 Å². The summed E-state index contributed by atoms with van der Waals surface area (Å²) in [5.74, 6) is 1.94. The largest absolute Gasteiger partial charge is 0.497 e. The van der Waals surface area contributed by atoms with E-state index in [4.69, 9.17) is 4.74 Å². The lowest BCUT2D eigenvalue weighted by molar-refractivity contribution is 0.414. The first-order valence-corrected chi connectivity index (χ1v) is 4.71. The van der Waals surface area contributed by atoms with Crippen LogP contribution in [0.2, 0.25) is 0 Å². The van der Waals surface area contributed by atoms with E-state index in [1.807, 2.05) is 18.2 Å². The quantitative estimate of drug-likeness (QED) is 0.704. The summed E-state index contributed by atoms with van der Waals surface area (Å²) in [4.78, 5) is 6.61. The third-order valence-corrected chi connectivity index (χ3v) is 2.39. The normalized spacial score (nSPS) is 15.6. The first-order valence-electron chi connectivity index (χ1n) is 4.71. The van der Waals surface area contributed by atoms with Crippen molar-refractivity contribution >= 4 is 5.84 Å². The van der Waals surface area contributed by atoms with Crippen LogP contribution in [0.15, 0.2) is 29.3 Å². The number of likely N-dealkylation sites (N-methyl/N-ethyl adjacent to an activating group) is 1. The van der Waals surface area contributed by atoms with Crippen LogP contribution in [-0.4, -0.2) is 38.0 Å². The molecule has 0 unspecified atom stereocenters. The van der Waals surface area contributed by atoms with Gasteiger partial charge in [-0.1, -0.05) is 12.1 Å². The monoisotopic (exact) mass is 190 g/mol. The Bertz CT molecular complexity index is 360. The molecule has 0 spiro atoms. The van der Waals surface area contributed by atoms with Crippen LogP contribution < -0.4 is 4.74 Å². The molecular weight excluding hydrogens is 176 g/mol. The highest BCUT2D eigenvalue weighted by Gasteiger charge is 2.14. The predicted molar refractivity (Wildman–Crippen MR) is 57.0 cm³/mol. The van der Waals surface area contributed by atoms with Gasteiger partial charge in [-0.3, -0.25) is 4.99 Å². The molecule has 0 saturated carbocycles.